The van der Waals surface area contributed by atoms with Gasteiger partial charge in [0.05, 0.1) is 19.1 Å². The summed E-state index contributed by atoms with van der Waals surface area (Å²) in [5.41, 5.74) is 3.30. The van der Waals surface area contributed by atoms with Crippen molar-refractivity contribution in [1.82, 2.24) is 9.88 Å². The second kappa shape index (κ2) is 12.4. The minimum atomic E-state index is -0.741. The smallest absolute Gasteiger partial charge is 0.319 e. The summed E-state index contributed by atoms with van der Waals surface area (Å²) in [6.07, 6.45) is 4.08. The van der Waals surface area contributed by atoms with E-state index in [1.807, 2.05) is 31.2 Å². The molecule has 0 fully saturated rings. The Labute approximate surface area is 205 Å². The van der Waals surface area contributed by atoms with Gasteiger partial charge in [-0.3, -0.25) is 9.59 Å². The van der Waals surface area contributed by atoms with Gasteiger partial charge in [-0.2, -0.15) is 0 Å². The first-order valence-corrected chi connectivity index (χ1v) is 11.3. The van der Waals surface area contributed by atoms with E-state index in [9.17, 15) is 19.5 Å². The Balaban J connectivity index is 2.34. The summed E-state index contributed by atoms with van der Waals surface area (Å²) in [7, 11) is 1.54. The number of amides is 2. The summed E-state index contributed by atoms with van der Waals surface area (Å²) in [5.74, 6) is -0.822. The number of nitrogens with zero attached hydrogens (tertiary/aromatic N) is 1. The summed E-state index contributed by atoms with van der Waals surface area (Å²) >= 11 is 0. The number of hydrogen-bond acceptors (Lipinski definition) is 5. The number of urea groups is 1. The van der Waals surface area contributed by atoms with Crippen LogP contribution in [0.1, 0.15) is 43.1 Å². The molecule has 186 valence electrons. The van der Waals surface area contributed by atoms with Crippen molar-refractivity contribution in [3.8, 4) is 5.75 Å². The summed E-state index contributed by atoms with van der Waals surface area (Å²) in [4.78, 5) is 37.6. The molecule has 0 saturated carbocycles. The summed E-state index contributed by atoms with van der Waals surface area (Å²) in [5, 5.41) is 15.3. The third-order valence-electron chi connectivity index (χ3n) is 5.48. The van der Waals surface area contributed by atoms with Crippen LogP contribution < -0.4 is 16.2 Å². The van der Waals surface area contributed by atoms with Gasteiger partial charge in [-0.05, 0) is 43.9 Å². The van der Waals surface area contributed by atoms with Crippen molar-refractivity contribution in [3.63, 3.8) is 0 Å². The number of nitrogens with one attached hydrogen (secondary N) is 2. The van der Waals surface area contributed by atoms with Crippen LogP contribution >= 0.6 is 0 Å². The van der Waals surface area contributed by atoms with Crippen LogP contribution in [0.5, 0.6) is 5.75 Å². The fourth-order valence-corrected chi connectivity index (χ4v) is 3.50. The van der Waals surface area contributed by atoms with E-state index in [0.29, 0.717) is 17.7 Å². The number of pyridine rings is 1. The lowest BCUT2D eigenvalue weighted by Gasteiger charge is -2.20. The molecule has 0 aliphatic rings. The second-order valence-corrected chi connectivity index (χ2v) is 8.20. The number of carbonyl (C=O) groups is 2. The van der Waals surface area contributed by atoms with Gasteiger partial charge in [0.15, 0.2) is 5.69 Å². The van der Waals surface area contributed by atoms with E-state index in [2.05, 4.69) is 23.8 Å². The van der Waals surface area contributed by atoms with Gasteiger partial charge in [0.25, 0.3) is 5.56 Å². The molecule has 0 aliphatic heterocycles. The molecule has 35 heavy (non-hydrogen) atoms. The van der Waals surface area contributed by atoms with E-state index in [-0.39, 0.29) is 24.5 Å². The van der Waals surface area contributed by atoms with E-state index in [4.69, 9.17) is 4.74 Å². The number of ether oxygens (including phenoxy) is 1. The Morgan fingerprint density at radius 2 is 2.00 bits per heavy atom. The highest BCUT2D eigenvalue weighted by Crippen LogP contribution is 2.23. The van der Waals surface area contributed by atoms with Crippen molar-refractivity contribution in [2.24, 2.45) is 7.05 Å². The van der Waals surface area contributed by atoms with Crippen molar-refractivity contribution in [2.45, 2.75) is 39.7 Å². The predicted molar refractivity (Wildman–Crippen MR) is 137 cm³/mol. The van der Waals surface area contributed by atoms with Crippen LogP contribution in [0.3, 0.4) is 0 Å². The van der Waals surface area contributed by atoms with Crippen molar-refractivity contribution in [2.75, 3.05) is 11.9 Å². The van der Waals surface area contributed by atoms with Gasteiger partial charge in [-0.1, -0.05) is 55.1 Å². The lowest BCUT2D eigenvalue weighted by molar-refractivity contribution is -0.143. The lowest BCUT2D eigenvalue weighted by Crippen LogP contribution is -2.36. The molecule has 0 saturated heterocycles. The summed E-state index contributed by atoms with van der Waals surface area (Å²) in [6.45, 7) is 13.2. The van der Waals surface area contributed by atoms with Gasteiger partial charge in [-0.15, -0.1) is 0 Å². The minimum absolute atomic E-state index is 0.113. The van der Waals surface area contributed by atoms with Crippen LogP contribution in [0.25, 0.3) is 0 Å². The average molecular weight is 480 g/mol. The molecule has 1 aromatic heterocycles. The highest BCUT2D eigenvalue weighted by molar-refractivity contribution is 5.91. The Bertz CT molecular complexity index is 1210. The molecular formula is C27H33N3O5. The number of hydrogen-bond donors (Lipinski definition) is 3. The zero-order chi connectivity index (χ0) is 26.1. The predicted octanol–water partition coefficient (Wildman–Crippen LogP) is 4.45. The van der Waals surface area contributed by atoms with E-state index in [1.54, 1.807) is 26.0 Å². The molecule has 1 heterocycles. The first kappa shape index (κ1) is 27.2. The summed E-state index contributed by atoms with van der Waals surface area (Å²) < 4.78 is 6.39. The first-order valence-electron chi connectivity index (χ1n) is 11.3. The average Bonchev–Trinajstić information content (AvgIpc) is 2.80. The van der Waals surface area contributed by atoms with Crippen molar-refractivity contribution >= 4 is 17.7 Å². The monoisotopic (exact) mass is 479 g/mol. The number of rotatable bonds is 10. The molecule has 3 N–H and O–H groups in total. The number of aromatic nitrogens is 1. The number of benzene rings is 1. The number of aromatic hydroxyl groups is 1. The van der Waals surface area contributed by atoms with Gasteiger partial charge >= 0.3 is 12.0 Å². The maximum atomic E-state index is 12.8. The second-order valence-electron chi connectivity index (χ2n) is 8.20. The van der Waals surface area contributed by atoms with Crippen LogP contribution in [0.2, 0.25) is 0 Å². The number of carbonyl (C=O) groups excluding carboxylic acids is 2. The van der Waals surface area contributed by atoms with Crippen LogP contribution in [0.15, 0.2) is 71.6 Å². The third kappa shape index (κ3) is 7.46. The topological polar surface area (TPSA) is 110 Å². The van der Waals surface area contributed by atoms with E-state index < -0.39 is 23.6 Å². The fourth-order valence-electron chi connectivity index (χ4n) is 3.50. The van der Waals surface area contributed by atoms with Crippen LogP contribution in [-0.2, 0) is 23.0 Å². The molecular weight excluding hydrogens is 446 g/mol. The normalized spacial score (nSPS) is 11.9. The van der Waals surface area contributed by atoms with Crippen molar-refractivity contribution in [1.29, 1.82) is 0 Å². The zero-order valence-corrected chi connectivity index (χ0v) is 20.7. The van der Waals surface area contributed by atoms with Crippen LogP contribution in [-0.4, -0.2) is 28.3 Å². The molecule has 2 amide bonds. The molecule has 0 bridgehead atoms. The van der Waals surface area contributed by atoms with Gasteiger partial charge in [-0.25, -0.2) is 4.79 Å². The molecule has 1 atom stereocenters. The maximum absolute atomic E-state index is 12.8. The Hall–Kier alpha value is -4.07. The van der Waals surface area contributed by atoms with E-state index in [0.717, 1.165) is 16.7 Å². The molecule has 8 heteroatoms. The Morgan fingerprint density at radius 1 is 1.29 bits per heavy atom. The molecule has 2 rings (SSSR count). The standard InChI is InChI=1S/C27H33N3O5/c1-7-10-20(17(3)4)14-19-11-9-12-21(15-19)22(16-24(32)35-8-2)28-27(34)29-25-23(31)13-18(5)30(6)26(25)33/h7,9-13,15,22,31H,1,3,8,14,16H2,2,4-6H3,(H2,28,29,34)/b20-10-. The van der Waals surface area contributed by atoms with Crippen LogP contribution in [0, 0.1) is 6.92 Å². The molecule has 2 aromatic rings. The highest BCUT2D eigenvalue weighted by Gasteiger charge is 2.21. The third-order valence-corrected chi connectivity index (χ3v) is 5.48. The molecule has 0 aliphatic carbocycles. The first-order chi connectivity index (χ1) is 16.6. The molecule has 0 spiro atoms. The van der Waals surface area contributed by atoms with Crippen LogP contribution in [0.4, 0.5) is 10.5 Å². The fraction of sp³-hybridized carbons (Fsp3) is 0.296. The van der Waals surface area contributed by atoms with E-state index >= 15 is 0 Å². The van der Waals surface area contributed by atoms with Gasteiger partial charge in [0, 0.05) is 18.8 Å². The van der Waals surface area contributed by atoms with Crippen molar-refractivity contribution in [3.05, 3.63) is 94.0 Å². The van der Waals surface area contributed by atoms with Crippen molar-refractivity contribution < 1.29 is 19.4 Å². The van der Waals surface area contributed by atoms with Gasteiger partial charge in [0.1, 0.15) is 5.75 Å². The molecule has 1 unspecified atom stereocenters. The number of anilines is 1. The number of allylic oxidation sites excluding steroid dienone is 4. The maximum Gasteiger partial charge on any atom is 0.319 e. The molecule has 8 nitrogen and oxygen atoms in total. The molecule has 0 radical (unpaired) electrons. The number of aryl methyl sites for hydroxylation is 1. The number of esters is 1. The quantitative estimate of drug-likeness (QED) is 0.345. The lowest BCUT2D eigenvalue weighted by atomic mass is 9.95. The van der Waals surface area contributed by atoms with E-state index in [1.165, 1.54) is 17.7 Å². The zero-order valence-electron chi connectivity index (χ0n) is 20.7. The highest BCUT2D eigenvalue weighted by atomic mass is 16.5. The summed E-state index contributed by atoms with van der Waals surface area (Å²) in [6, 6.07) is 7.39. The Morgan fingerprint density at radius 3 is 2.63 bits per heavy atom. The molecule has 1 aromatic carbocycles. The SMILES string of the molecule is C=C/C=C(/Cc1cccc(C(CC(=O)OCC)NC(=O)Nc2c(O)cc(C)n(C)c2=O)c1)C(=C)C. The Kier molecular flexibility index (Phi) is 9.64. The minimum Gasteiger partial charge on any atom is -0.505 e. The largest absolute Gasteiger partial charge is 0.505 e. The van der Waals surface area contributed by atoms with Gasteiger partial charge < -0.3 is 25.0 Å². The van der Waals surface area contributed by atoms with Gasteiger partial charge in [0.2, 0.25) is 0 Å².